The summed E-state index contributed by atoms with van der Waals surface area (Å²) in [4.78, 5) is 24.7. The van der Waals surface area contributed by atoms with E-state index in [-0.39, 0.29) is 18.2 Å². The quantitative estimate of drug-likeness (QED) is 0.659. The number of carbonyl (C=O) groups excluding carboxylic acids is 2. The number of nitrogens with one attached hydrogen (secondary N) is 1. The number of halogens is 1. The Morgan fingerprint density at radius 2 is 1.97 bits per heavy atom. The minimum absolute atomic E-state index is 0.106. The van der Waals surface area contributed by atoms with Crippen molar-refractivity contribution in [3.8, 4) is 0 Å². The number of amides is 1. The molecule has 1 N–H and O–H groups in total. The maximum absolute atomic E-state index is 12.9. The predicted molar refractivity (Wildman–Crippen MR) is 120 cm³/mol. The Balaban J connectivity index is 1.71. The van der Waals surface area contributed by atoms with Crippen molar-refractivity contribution in [2.75, 3.05) is 25.5 Å². The van der Waals surface area contributed by atoms with Gasteiger partial charge in [-0.15, -0.1) is 0 Å². The maximum Gasteiger partial charge on any atom is 0.337 e. The van der Waals surface area contributed by atoms with Crippen LogP contribution in [0.2, 0.25) is 5.02 Å². The molecule has 0 spiro atoms. The number of aryl methyl sites for hydroxylation is 1. The highest BCUT2D eigenvalue weighted by molar-refractivity contribution is 7.88. The summed E-state index contributed by atoms with van der Waals surface area (Å²) < 4.78 is 31.9. The van der Waals surface area contributed by atoms with Crippen LogP contribution in [0, 0.1) is 12.8 Å². The van der Waals surface area contributed by atoms with E-state index in [2.05, 4.69) is 5.32 Å². The van der Waals surface area contributed by atoms with Crippen molar-refractivity contribution in [1.82, 2.24) is 4.31 Å². The van der Waals surface area contributed by atoms with Crippen LogP contribution in [0.25, 0.3) is 0 Å². The molecule has 0 radical (unpaired) electrons. The first kappa shape index (κ1) is 23.2. The average molecular weight is 465 g/mol. The van der Waals surface area contributed by atoms with E-state index in [1.54, 1.807) is 42.5 Å². The fourth-order valence-corrected chi connectivity index (χ4v) is 5.47. The van der Waals surface area contributed by atoms with Gasteiger partial charge in [-0.2, -0.15) is 0 Å². The van der Waals surface area contributed by atoms with E-state index >= 15 is 0 Å². The normalized spacial score (nSPS) is 17.2. The average Bonchev–Trinajstić information content (AvgIpc) is 2.76. The first-order chi connectivity index (χ1) is 14.7. The molecule has 0 aliphatic carbocycles. The number of methoxy groups -OCH3 is 1. The number of piperidine rings is 1. The number of benzene rings is 2. The van der Waals surface area contributed by atoms with Gasteiger partial charge in [0.1, 0.15) is 0 Å². The smallest absolute Gasteiger partial charge is 0.337 e. The first-order valence-corrected chi connectivity index (χ1v) is 11.9. The van der Waals surface area contributed by atoms with Gasteiger partial charge in [0.15, 0.2) is 0 Å². The Morgan fingerprint density at radius 1 is 1.23 bits per heavy atom. The van der Waals surface area contributed by atoms with Crippen molar-refractivity contribution >= 4 is 39.2 Å². The summed E-state index contributed by atoms with van der Waals surface area (Å²) in [5, 5.41) is 3.24. The highest BCUT2D eigenvalue weighted by atomic mass is 35.5. The molecular weight excluding hydrogens is 440 g/mol. The van der Waals surface area contributed by atoms with E-state index in [1.165, 1.54) is 11.4 Å². The molecule has 31 heavy (non-hydrogen) atoms. The van der Waals surface area contributed by atoms with Gasteiger partial charge in [0.2, 0.25) is 15.9 Å². The van der Waals surface area contributed by atoms with Crippen LogP contribution < -0.4 is 5.32 Å². The Morgan fingerprint density at radius 3 is 2.68 bits per heavy atom. The zero-order valence-corrected chi connectivity index (χ0v) is 19.0. The zero-order chi connectivity index (χ0) is 22.6. The number of sulfonamides is 1. The monoisotopic (exact) mass is 464 g/mol. The van der Waals surface area contributed by atoms with Gasteiger partial charge in [-0.05, 0) is 49.1 Å². The Labute approximate surface area is 187 Å². The largest absolute Gasteiger partial charge is 0.465 e. The molecule has 1 aliphatic heterocycles. The zero-order valence-electron chi connectivity index (χ0n) is 17.4. The summed E-state index contributed by atoms with van der Waals surface area (Å²) in [6, 6.07) is 11.7. The van der Waals surface area contributed by atoms with Crippen molar-refractivity contribution in [2.24, 2.45) is 5.92 Å². The molecule has 7 nitrogen and oxygen atoms in total. The molecular formula is C22H25ClN2O5S. The lowest BCUT2D eigenvalue weighted by atomic mass is 9.98. The van der Waals surface area contributed by atoms with Crippen LogP contribution in [-0.2, 0) is 25.3 Å². The summed E-state index contributed by atoms with van der Waals surface area (Å²) in [5.41, 5.74) is 2.16. The summed E-state index contributed by atoms with van der Waals surface area (Å²) in [6.07, 6.45) is 1.17. The summed E-state index contributed by atoms with van der Waals surface area (Å²) >= 11 is 6.12. The molecule has 166 valence electrons. The molecule has 1 fully saturated rings. The fourth-order valence-electron chi connectivity index (χ4n) is 3.55. The Bertz CT molecular complexity index is 1090. The third kappa shape index (κ3) is 5.64. The lowest BCUT2D eigenvalue weighted by molar-refractivity contribution is -0.120. The lowest BCUT2D eigenvalue weighted by Gasteiger charge is -2.31. The minimum atomic E-state index is -3.62. The number of hydrogen-bond donors (Lipinski definition) is 1. The number of hydrogen-bond acceptors (Lipinski definition) is 5. The maximum atomic E-state index is 12.9. The first-order valence-electron chi connectivity index (χ1n) is 9.92. The van der Waals surface area contributed by atoms with Gasteiger partial charge in [0, 0.05) is 23.8 Å². The third-order valence-corrected chi connectivity index (χ3v) is 7.52. The summed E-state index contributed by atoms with van der Waals surface area (Å²) in [6.45, 7) is 2.29. The third-order valence-electron chi connectivity index (χ3n) is 5.36. The Hall–Kier alpha value is -2.42. The van der Waals surface area contributed by atoms with Crippen LogP contribution in [0.1, 0.15) is 34.3 Å². The Kier molecular flexibility index (Phi) is 7.35. The molecule has 2 aromatic rings. The van der Waals surface area contributed by atoms with Crippen molar-refractivity contribution < 1.29 is 22.7 Å². The molecule has 2 aromatic carbocycles. The number of nitrogens with zero attached hydrogens (tertiary/aromatic N) is 1. The van der Waals surface area contributed by atoms with Crippen LogP contribution >= 0.6 is 11.6 Å². The van der Waals surface area contributed by atoms with Crippen LogP contribution in [-0.4, -0.2) is 44.8 Å². The molecule has 0 saturated carbocycles. The van der Waals surface area contributed by atoms with Crippen molar-refractivity contribution in [2.45, 2.75) is 25.5 Å². The van der Waals surface area contributed by atoms with Gasteiger partial charge in [-0.25, -0.2) is 17.5 Å². The van der Waals surface area contributed by atoms with Gasteiger partial charge >= 0.3 is 5.97 Å². The van der Waals surface area contributed by atoms with Gasteiger partial charge in [-0.3, -0.25) is 4.79 Å². The van der Waals surface area contributed by atoms with E-state index in [0.717, 1.165) is 5.56 Å². The molecule has 1 heterocycles. The van der Waals surface area contributed by atoms with E-state index in [9.17, 15) is 18.0 Å². The van der Waals surface area contributed by atoms with Gasteiger partial charge in [-0.1, -0.05) is 35.9 Å². The summed E-state index contributed by atoms with van der Waals surface area (Å²) in [5.74, 6) is -1.47. The molecule has 1 atom stereocenters. The number of ether oxygens (including phenoxy) is 1. The van der Waals surface area contributed by atoms with Crippen LogP contribution in [0.4, 0.5) is 5.69 Å². The summed E-state index contributed by atoms with van der Waals surface area (Å²) in [7, 11) is -2.33. The molecule has 1 amide bonds. The van der Waals surface area contributed by atoms with E-state index in [4.69, 9.17) is 16.3 Å². The van der Waals surface area contributed by atoms with Crippen LogP contribution in [0.3, 0.4) is 0 Å². The second-order valence-electron chi connectivity index (χ2n) is 7.56. The highest BCUT2D eigenvalue weighted by Gasteiger charge is 2.33. The second kappa shape index (κ2) is 9.80. The number of anilines is 1. The SMILES string of the molecule is COC(=O)c1ccc(C)c(NC(=O)[C@@H]2CCCN(S(=O)(=O)Cc3ccccc3Cl)C2)c1. The van der Waals surface area contributed by atoms with E-state index in [0.29, 0.717) is 41.2 Å². The van der Waals surface area contributed by atoms with Crippen molar-refractivity contribution in [3.63, 3.8) is 0 Å². The number of rotatable bonds is 6. The van der Waals surface area contributed by atoms with E-state index < -0.39 is 21.9 Å². The molecule has 0 unspecified atom stereocenters. The number of carbonyl (C=O) groups is 2. The number of esters is 1. The molecule has 1 aliphatic rings. The van der Waals surface area contributed by atoms with Crippen LogP contribution in [0.5, 0.6) is 0 Å². The molecule has 0 aromatic heterocycles. The van der Waals surface area contributed by atoms with Crippen LogP contribution in [0.15, 0.2) is 42.5 Å². The van der Waals surface area contributed by atoms with E-state index in [1.807, 2.05) is 6.92 Å². The molecule has 3 rings (SSSR count). The standard InChI is InChI=1S/C22H25ClN2O5S/c1-15-9-10-16(22(27)30-2)12-20(15)24-21(26)17-7-5-11-25(13-17)31(28,29)14-18-6-3-4-8-19(18)23/h3-4,6,8-10,12,17H,5,7,11,13-14H2,1-2H3,(H,24,26)/t17-/m1/s1. The minimum Gasteiger partial charge on any atom is -0.465 e. The molecule has 1 saturated heterocycles. The fraction of sp³-hybridized carbons (Fsp3) is 0.364. The highest BCUT2D eigenvalue weighted by Crippen LogP contribution is 2.26. The second-order valence-corrected chi connectivity index (χ2v) is 9.93. The topological polar surface area (TPSA) is 92.8 Å². The lowest BCUT2D eigenvalue weighted by Crippen LogP contribution is -2.44. The van der Waals surface area contributed by atoms with Gasteiger partial charge in [0.05, 0.1) is 24.3 Å². The van der Waals surface area contributed by atoms with Gasteiger partial charge in [0.25, 0.3) is 0 Å². The molecule has 0 bridgehead atoms. The van der Waals surface area contributed by atoms with Gasteiger partial charge < -0.3 is 10.1 Å². The molecule has 9 heteroatoms. The van der Waals surface area contributed by atoms with Crippen molar-refractivity contribution in [3.05, 3.63) is 64.2 Å². The predicted octanol–water partition coefficient (Wildman–Crippen LogP) is 3.62. The van der Waals surface area contributed by atoms with Crippen molar-refractivity contribution in [1.29, 1.82) is 0 Å².